The number of carbonyl (C=O) groups excluding carboxylic acids is 1. The molecular weight excluding hydrogens is 210 g/mol. The summed E-state index contributed by atoms with van der Waals surface area (Å²) in [6, 6.07) is 8.09. The van der Waals surface area contributed by atoms with Crippen molar-refractivity contribution in [3.8, 4) is 12.3 Å². The predicted octanol–water partition coefficient (Wildman–Crippen LogP) is 2.46. The Balaban J connectivity index is 2.38. The average Bonchev–Trinajstić information content (AvgIpc) is 2.35. The minimum absolute atomic E-state index is 0.0235. The van der Waals surface area contributed by atoms with Crippen molar-refractivity contribution < 1.29 is 4.79 Å². The van der Waals surface area contributed by atoms with Crippen LogP contribution in [0.5, 0.6) is 0 Å². The smallest absolute Gasteiger partial charge is 0.221 e. The Morgan fingerprint density at radius 1 is 1.41 bits per heavy atom. The SMILES string of the molecule is C#CC(CC)NC(=O)CCc1ccc(C)cc1. The molecule has 0 aromatic heterocycles. The van der Waals surface area contributed by atoms with E-state index in [9.17, 15) is 4.79 Å². The molecule has 1 rings (SSSR count). The maximum absolute atomic E-state index is 11.6. The summed E-state index contributed by atoms with van der Waals surface area (Å²) < 4.78 is 0. The lowest BCUT2D eigenvalue weighted by molar-refractivity contribution is -0.121. The van der Waals surface area contributed by atoms with E-state index in [0.717, 1.165) is 12.8 Å². The van der Waals surface area contributed by atoms with E-state index in [4.69, 9.17) is 6.42 Å². The molecule has 0 aliphatic carbocycles. The predicted molar refractivity (Wildman–Crippen MR) is 70.6 cm³/mol. The molecule has 1 aromatic carbocycles. The number of aryl methyl sites for hydroxylation is 2. The second-order valence-corrected chi connectivity index (χ2v) is 4.18. The molecule has 1 N–H and O–H groups in total. The highest BCUT2D eigenvalue weighted by molar-refractivity contribution is 5.76. The molecule has 1 aromatic rings. The van der Waals surface area contributed by atoms with Crippen molar-refractivity contribution in [2.75, 3.05) is 0 Å². The van der Waals surface area contributed by atoms with E-state index in [2.05, 4.69) is 42.4 Å². The molecule has 0 spiro atoms. The van der Waals surface area contributed by atoms with Crippen LogP contribution in [0.15, 0.2) is 24.3 Å². The zero-order valence-corrected chi connectivity index (χ0v) is 10.5. The fourth-order valence-corrected chi connectivity index (χ4v) is 1.54. The second kappa shape index (κ2) is 6.75. The molecule has 17 heavy (non-hydrogen) atoms. The molecule has 1 amide bonds. The van der Waals surface area contributed by atoms with Gasteiger partial charge in [0, 0.05) is 6.42 Å². The van der Waals surface area contributed by atoms with E-state index >= 15 is 0 Å². The Hall–Kier alpha value is -1.75. The van der Waals surface area contributed by atoms with Gasteiger partial charge in [0.05, 0.1) is 6.04 Å². The fourth-order valence-electron chi connectivity index (χ4n) is 1.54. The molecule has 1 unspecified atom stereocenters. The van der Waals surface area contributed by atoms with E-state index in [0.29, 0.717) is 6.42 Å². The number of hydrogen-bond acceptors (Lipinski definition) is 1. The number of carbonyl (C=O) groups is 1. The van der Waals surface area contributed by atoms with E-state index in [1.807, 2.05) is 6.92 Å². The van der Waals surface area contributed by atoms with Gasteiger partial charge < -0.3 is 5.32 Å². The minimum atomic E-state index is -0.138. The monoisotopic (exact) mass is 229 g/mol. The lowest BCUT2D eigenvalue weighted by Crippen LogP contribution is -2.33. The van der Waals surface area contributed by atoms with Gasteiger partial charge in [-0.15, -0.1) is 6.42 Å². The van der Waals surface area contributed by atoms with Crippen LogP contribution in [-0.4, -0.2) is 11.9 Å². The van der Waals surface area contributed by atoms with Crippen LogP contribution in [-0.2, 0) is 11.2 Å². The molecular formula is C15H19NO. The van der Waals surface area contributed by atoms with Gasteiger partial charge >= 0.3 is 0 Å². The van der Waals surface area contributed by atoms with Gasteiger partial charge in [-0.1, -0.05) is 42.7 Å². The lowest BCUT2D eigenvalue weighted by Gasteiger charge is -2.10. The van der Waals surface area contributed by atoms with E-state index < -0.39 is 0 Å². The van der Waals surface area contributed by atoms with Gasteiger partial charge in [-0.25, -0.2) is 0 Å². The highest BCUT2D eigenvalue weighted by atomic mass is 16.1. The van der Waals surface area contributed by atoms with Gasteiger partial charge in [-0.05, 0) is 25.3 Å². The van der Waals surface area contributed by atoms with Gasteiger partial charge in [0.15, 0.2) is 0 Å². The number of nitrogens with one attached hydrogen (secondary N) is 1. The summed E-state index contributed by atoms with van der Waals surface area (Å²) in [5, 5.41) is 2.82. The van der Waals surface area contributed by atoms with Gasteiger partial charge in [0.25, 0.3) is 0 Å². The summed E-state index contributed by atoms with van der Waals surface area (Å²) in [6.45, 7) is 4.01. The molecule has 1 atom stereocenters. The molecule has 90 valence electrons. The standard InChI is InChI=1S/C15H19NO/c1-4-14(5-2)16-15(17)11-10-13-8-6-12(3)7-9-13/h1,6-9,14H,5,10-11H2,2-3H3,(H,16,17). The third-order valence-electron chi connectivity index (χ3n) is 2.71. The Morgan fingerprint density at radius 3 is 2.59 bits per heavy atom. The highest BCUT2D eigenvalue weighted by Crippen LogP contribution is 2.05. The molecule has 2 heteroatoms. The van der Waals surface area contributed by atoms with Crippen molar-refractivity contribution in [2.24, 2.45) is 0 Å². The third-order valence-corrected chi connectivity index (χ3v) is 2.71. The van der Waals surface area contributed by atoms with Crippen LogP contribution >= 0.6 is 0 Å². The lowest BCUT2D eigenvalue weighted by atomic mass is 10.1. The Morgan fingerprint density at radius 2 is 2.06 bits per heavy atom. The quantitative estimate of drug-likeness (QED) is 0.772. The van der Waals surface area contributed by atoms with E-state index in [-0.39, 0.29) is 11.9 Å². The first-order valence-corrected chi connectivity index (χ1v) is 5.96. The van der Waals surface area contributed by atoms with Crippen molar-refractivity contribution in [2.45, 2.75) is 39.2 Å². The summed E-state index contributed by atoms with van der Waals surface area (Å²) in [6.07, 6.45) is 7.31. The van der Waals surface area contributed by atoms with E-state index in [1.54, 1.807) is 0 Å². The van der Waals surface area contributed by atoms with Crippen molar-refractivity contribution >= 4 is 5.91 Å². The fraction of sp³-hybridized carbons (Fsp3) is 0.400. The second-order valence-electron chi connectivity index (χ2n) is 4.18. The third kappa shape index (κ3) is 4.74. The maximum atomic E-state index is 11.6. The summed E-state index contributed by atoms with van der Waals surface area (Å²) in [5.41, 5.74) is 2.41. The molecule has 0 saturated heterocycles. The van der Waals surface area contributed by atoms with Crippen LogP contribution in [0, 0.1) is 19.3 Å². The molecule has 0 saturated carbocycles. The van der Waals surface area contributed by atoms with Crippen LogP contribution in [0.3, 0.4) is 0 Å². The molecule has 2 nitrogen and oxygen atoms in total. The first-order chi connectivity index (χ1) is 8.15. The molecule has 0 bridgehead atoms. The molecule has 0 radical (unpaired) electrons. The Labute approximate surface area is 103 Å². The highest BCUT2D eigenvalue weighted by Gasteiger charge is 2.07. The van der Waals surface area contributed by atoms with Crippen molar-refractivity contribution in [3.63, 3.8) is 0 Å². The van der Waals surface area contributed by atoms with Gasteiger partial charge in [0.2, 0.25) is 5.91 Å². The first kappa shape index (κ1) is 13.3. The average molecular weight is 229 g/mol. The largest absolute Gasteiger partial charge is 0.342 e. The maximum Gasteiger partial charge on any atom is 0.221 e. The van der Waals surface area contributed by atoms with Gasteiger partial charge in [-0.3, -0.25) is 4.79 Å². The Kier molecular flexibility index (Phi) is 5.29. The van der Waals surface area contributed by atoms with Crippen molar-refractivity contribution in [1.82, 2.24) is 5.32 Å². The number of terminal acetylenes is 1. The number of rotatable bonds is 5. The van der Waals surface area contributed by atoms with Crippen molar-refractivity contribution in [3.05, 3.63) is 35.4 Å². The van der Waals surface area contributed by atoms with Crippen LogP contribution in [0.2, 0.25) is 0 Å². The van der Waals surface area contributed by atoms with Crippen LogP contribution in [0.4, 0.5) is 0 Å². The molecule has 0 fully saturated rings. The van der Waals surface area contributed by atoms with Gasteiger partial charge in [-0.2, -0.15) is 0 Å². The zero-order valence-electron chi connectivity index (χ0n) is 10.5. The topological polar surface area (TPSA) is 29.1 Å². The van der Waals surface area contributed by atoms with Crippen LogP contribution in [0.25, 0.3) is 0 Å². The molecule has 0 aliphatic rings. The number of benzene rings is 1. The number of hydrogen-bond donors (Lipinski definition) is 1. The number of amides is 1. The normalized spacial score (nSPS) is 11.6. The van der Waals surface area contributed by atoms with Crippen molar-refractivity contribution in [1.29, 1.82) is 0 Å². The molecule has 0 heterocycles. The first-order valence-electron chi connectivity index (χ1n) is 5.96. The molecule has 0 aliphatic heterocycles. The summed E-state index contributed by atoms with van der Waals surface area (Å²) >= 11 is 0. The summed E-state index contributed by atoms with van der Waals surface area (Å²) in [4.78, 5) is 11.6. The summed E-state index contributed by atoms with van der Waals surface area (Å²) in [5.74, 6) is 2.58. The van der Waals surface area contributed by atoms with Crippen LogP contribution < -0.4 is 5.32 Å². The minimum Gasteiger partial charge on any atom is -0.342 e. The summed E-state index contributed by atoms with van der Waals surface area (Å²) in [7, 11) is 0. The van der Waals surface area contributed by atoms with Gasteiger partial charge in [0.1, 0.15) is 0 Å². The van der Waals surface area contributed by atoms with E-state index in [1.165, 1.54) is 11.1 Å². The Bertz CT molecular complexity index is 400. The zero-order chi connectivity index (χ0) is 12.7. The van der Waals surface area contributed by atoms with Crippen LogP contribution in [0.1, 0.15) is 30.9 Å².